The lowest BCUT2D eigenvalue weighted by molar-refractivity contribution is 0.387. The quantitative estimate of drug-likeness (QED) is 0.868. The molecule has 0 unspecified atom stereocenters. The number of rotatable bonds is 5. The van der Waals surface area contributed by atoms with Gasteiger partial charge in [-0.05, 0) is 12.5 Å². The van der Waals surface area contributed by atoms with Gasteiger partial charge in [-0.2, -0.15) is 0 Å². The zero-order valence-electron chi connectivity index (χ0n) is 10.0. The van der Waals surface area contributed by atoms with Gasteiger partial charge in [-0.1, -0.05) is 19.4 Å². The average Bonchev–Trinajstić information content (AvgIpc) is 2.28. The molecule has 1 rings (SSSR count). The summed E-state index contributed by atoms with van der Waals surface area (Å²) in [5, 5.41) is 0. The van der Waals surface area contributed by atoms with Gasteiger partial charge in [-0.25, -0.2) is 0 Å². The van der Waals surface area contributed by atoms with Crippen molar-refractivity contribution < 1.29 is 9.47 Å². The molecule has 92 valence electrons. The fourth-order valence-electron chi connectivity index (χ4n) is 1.59. The molecule has 0 bridgehead atoms. The van der Waals surface area contributed by atoms with Gasteiger partial charge in [0.1, 0.15) is 11.5 Å². The van der Waals surface area contributed by atoms with Crippen molar-refractivity contribution in [3.05, 3.63) is 23.8 Å². The summed E-state index contributed by atoms with van der Waals surface area (Å²) in [7, 11) is 3.29. The van der Waals surface area contributed by atoms with Gasteiger partial charge in [0.05, 0.1) is 14.2 Å². The summed E-state index contributed by atoms with van der Waals surface area (Å²) < 4.78 is 10.4. The summed E-state index contributed by atoms with van der Waals surface area (Å²) in [5.74, 6) is 1.59. The Morgan fingerprint density at radius 1 is 1.25 bits per heavy atom. The van der Waals surface area contributed by atoms with E-state index in [0.717, 1.165) is 29.9 Å². The van der Waals surface area contributed by atoms with Crippen LogP contribution in [0, 0.1) is 0 Å². The van der Waals surface area contributed by atoms with Crippen LogP contribution in [-0.4, -0.2) is 14.2 Å². The first-order valence-corrected chi connectivity index (χ1v) is 5.20. The largest absolute Gasteiger partial charge is 0.497 e. The van der Waals surface area contributed by atoms with E-state index in [1.807, 2.05) is 18.2 Å². The molecule has 0 fully saturated rings. The predicted octanol–water partition coefficient (Wildman–Crippen LogP) is 2.93. The maximum atomic E-state index is 6.05. The molecule has 2 N–H and O–H groups in total. The van der Waals surface area contributed by atoms with Crippen LogP contribution in [0.2, 0.25) is 0 Å². The first-order valence-electron chi connectivity index (χ1n) is 5.20. The molecule has 1 aromatic rings. The van der Waals surface area contributed by atoms with Crippen LogP contribution in [0.3, 0.4) is 0 Å². The summed E-state index contributed by atoms with van der Waals surface area (Å²) in [6, 6.07) is 5.78. The first kappa shape index (κ1) is 15.1. The van der Waals surface area contributed by atoms with Gasteiger partial charge in [0, 0.05) is 17.7 Å². The minimum absolute atomic E-state index is 0. The standard InChI is InChI=1S/C12H19NO2.ClH/c1-4-5-11(13)10-7-6-9(14-2)8-12(10)15-3;/h6-8,11H,4-5,13H2,1-3H3;1H/t11-;/m1./s1. The van der Waals surface area contributed by atoms with E-state index in [1.54, 1.807) is 14.2 Å². The van der Waals surface area contributed by atoms with E-state index >= 15 is 0 Å². The lowest BCUT2D eigenvalue weighted by Gasteiger charge is -2.15. The Morgan fingerprint density at radius 2 is 1.94 bits per heavy atom. The summed E-state index contributed by atoms with van der Waals surface area (Å²) >= 11 is 0. The molecule has 1 atom stereocenters. The minimum atomic E-state index is 0. The van der Waals surface area contributed by atoms with Crippen LogP contribution in [-0.2, 0) is 0 Å². The van der Waals surface area contributed by atoms with Gasteiger partial charge in [0.2, 0.25) is 0 Å². The van der Waals surface area contributed by atoms with E-state index in [2.05, 4.69) is 6.92 Å². The van der Waals surface area contributed by atoms with E-state index in [0.29, 0.717) is 0 Å². The third-order valence-electron chi connectivity index (χ3n) is 2.44. The van der Waals surface area contributed by atoms with Crippen molar-refractivity contribution in [2.45, 2.75) is 25.8 Å². The molecule has 0 aromatic heterocycles. The smallest absolute Gasteiger partial charge is 0.127 e. The fraction of sp³-hybridized carbons (Fsp3) is 0.500. The number of halogens is 1. The van der Waals surface area contributed by atoms with Crippen molar-refractivity contribution in [1.82, 2.24) is 0 Å². The second-order valence-corrected chi connectivity index (χ2v) is 3.50. The zero-order valence-corrected chi connectivity index (χ0v) is 10.8. The first-order chi connectivity index (χ1) is 7.22. The van der Waals surface area contributed by atoms with E-state index in [4.69, 9.17) is 15.2 Å². The van der Waals surface area contributed by atoms with E-state index in [9.17, 15) is 0 Å². The summed E-state index contributed by atoms with van der Waals surface area (Å²) in [6.45, 7) is 2.12. The molecule has 0 saturated heterocycles. The van der Waals surface area contributed by atoms with Crippen LogP contribution in [0.15, 0.2) is 18.2 Å². The van der Waals surface area contributed by atoms with Crippen LogP contribution in [0.25, 0.3) is 0 Å². The molecule has 0 aliphatic heterocycles. The molecule has 0 heterocycles. The maximum absolute atomic E-state index is 6.05. The summed E-state index contributed by atoms with van der Waals surface area (Å²) in [5.41, 5.74) is 7.09. The van der Waals surface area contributed by atoms with Gasteiger partial charge in [0.15, 0.2) is 0 Å². The molecule has 16 heavy (non-hydrogen) atoms. The number of ether oxygens (including phenoxy) is 2. The molecule has 0 aliphatic carbocycles. The molecular formula is C12H20ClNO2. The Labute approximate surface area is 103 Å². The predicted molar refractivity (Wildman–Crippen MR) is 68.6 cm³/mol. The van der Waals surface area contributed by atoms with Gasteiger partial charge in [-0.3, -0.25) is 0 Å². The van der Waals surface area contributed by atoms with Crippen molar-refractivity contribution in [2.24, 2.45) is 5.73 Å². The van der Waals surface area contributed by atoms with Gasteiger partial charge >= 0.3 is 0 Å². The minimum Gasteiger partial charge on any atom is -0.497 e. The van der Waals surface area contributed by atoms with Gasteiger partial charge < -0.3 is 15.2 Å². The van der Waals surface area contributed by atoms with Crippen molar-refractivity contribution in [3.8, 4) is 11.5 Å². The Kier molecular flexibility index (Phi) is 6.93. The van der Waals surface area contributed by atoms with Crippen molar-refractivity contribution in [3.63, 3.8) is 0 Å². The summed E-state index contributed by atoms with van der Waals surface area (Å²) in [6.07, 6.45) is 2.03. The molecule has 0 saturated carbocycles. The highest BCUT2D eigenvalue weighted by molar-refractivity contribution is 5.85. The number of hydrogen-bond acceptors (Lipinski definition) is 3. The lowest BCUT2D eigenvalue weighted by Crippen LogP contribution is -2.11. The maximum Gasteiger partial charge on any atom is 0.127 e. The molecule has 1 aromatic carbocycles. The van der Waals surface area contributed by atoms with E-state index < -0.39 is 0 Å². The van der Waals surface area contributed by atoms with Crippen LogP contribution < -0.4 is 15.2 Å². The lowest BCUT2D eigenvalue weighted by atomic mass is 10.0. The van der Waals surface area contributed by atoms with E-state index in [1.165, 1.54) is 0 Å². The molecule has 0 aliphatic rings. The third-order valence-corrected chi connectivity index (χ3v) is 2.44. The number of methoxy groups -OCH3 is 2. The molecule has 4 heteroatoms. The molecule has 0 spiro atoms. The highest BCUT2D eigenvalue weighted by atomic mass is 35.5. The Balaban J connectivity index is 0.00000225. The number of hydrogen-bond donors (Lipinski definition) is 1. The Morgan fingerprint density at radius 3 is 2.44 bits per heavy atom. The number of nitrogens with two attached hydrogens (primary N) is 1. The van der Waals surface area contributed by atoms with Crippen molar-refractivity contribution in [2.75, 3.05) is 14.2 Å². The Hall–Kier alpha value is -0.930. The zero-order chi connectivity index (χ0) is 11.3. The summed E-state index contributed by atoms with van der Waals surface area (Å²) in [4.78, 5) is 0. The third kappa shape index (κ3) is 3.58. The SMILES string of the molecule is CCC[C@@H](N)c1ccc(OC)cc1OC.Cl. The molecule has 0 amide bonds. The van der Waals surface area contributed by atoms with E-state index in [-0.39, 0.29) is 18.4 Å². The van der Waals surface area contributed by atoms with Crippen LogP contribution in [0.1, 0.15) is 31.4 Å². The number of benzene rings is 1. The Bertz CT molecular complexity index is 318. The molecule has 0 radical (unpaired) electrons. The topological polar surface area (TPSA) is 44.5 Å². The van der Waals surface area contributed by atoms with Crippen molar-refractivity contribution in [1.29, 1.82) is 0 Å². The molecule has 3 nitrogen and oxygen atoms in total. The van der Waals surface area contributed by atoms with Gasteiger partial charge in [0.25, 0.3) is 0 Å². The molecular weight excluding hydrogens is 226 g/mol. The average molecular weight is 246 g/mol. The second kappa shape index (κ2) is 7.36. The van der Waals surface area contributed by atoms with Crippen LogP contribution in [0.4, 0.5) is 0 Å². The highest BCUT2D eigenvalue weighted by Crippen LogP contribution is 2.30. The second-order valence-electron chi connectivity index (χ2n) is 3.50. The highest BCUT2D eigenvalue weighted by Gasteiger charge is 2.11. The van der Waals surface area contributed by atoms with Crippen LogP contribution >= 0.6 is 12.4 Å². The normalized spacial score (nSPS) is 11.5. The van der Waals surface area contributed by atoms with Crippen molar-refractivity contribution >= 4 is 12.4 Å². The monoisotopic (exact) mass is 245 g/mol. The fourth-order valence-corrected chi connectivity index (χ4v) is 1.59. The van der Waals surface area contributed by atoms with Crippen LogP contribution in [0.5, 0.6) is 11.5 Å². The van der Waals surface area contributed by atoms with Gasteiger partial charge in [-0.15, -0.1) is 12.4 Å².